The van der Waals surface area contributed by atoms with Crippen molar-refractivity contribution in [2.45, 2.75) is 32.1 Å². The molecule has 0 aromatic carbocycles. The molecule has 0 saturated heterocycles. The fraction of sp³-hybridized carbons (Fsp3) is 0.500. The lowest BCUT2D eigenvalue weighted by Crippen LogP contribution is -1.92. The Morgan fingerprint density at radius 3 is 2.62 bits per heavy atom. The van der Waals surface area contributed by atoms with Gasteiger partial charge in [0.2, 0.25) is 0 Å². The third-order valence-electron chi connectivity index (χ3n) is 1.79. The van der Waals surface area contributed by atoms with Gasteiger partial charge in [-0.3, -0.25) is 4.98 Å². The van der Waals surface area contributed by atoms with Crippen molar-refractivity contribution in [2.75, 3.05) is 0 Å². The topological polar surface area (TPSA) is 12.9 Å². The minimum absolute atomic E-state index is 0. The van der Waals surface area contributed by atoms with Crippen molar-refractivity contribution in [3.63, 3.8) is 0 Å². The summed E-state index contributed by atoms with van der Waals surface area (Å²) in [6.07, 6.45) is 3.49. The molecule has 3 heteroatoms. The average Bonchev–Trinajstić information content (AvgIpc) is 2.15. The summed E-state index contributed by atoms with van der Waals surface area (Å²) in [5, 5.41) is 0. The quantitative estimate of drug-likeness (QED) is 0.706. The summed E-state index contributed by atoms with van der Waals surface area (Å²) in [5.41, 5.74) is 2.14. The SMILES string of the molecule is CCCCc1cccc(CCl)n1.Cl. The molecule has 0 aliphatic heterocycles. The summed E-state index contributed by atoms with van der Waals surface area (Å²) in [4.78, 5) is 4.40. The number of aromatic nitrogens is 1. The minimum Gasteiger partial charge on any atom is -0.257 e. The van der Waals surface area contributed by atoms with Crippen LogP contribution < -0.4 is 0 Å². The Morgan fingerprint density at radius 1 is 1.31 bits per heavy atom. The number of unbranched alkanes of at least 4 members (excludes halogenated alkanes) is 1. The Bertz CT molecular complexity index is 238. The predicted molar refractivity (Wildman–Crippen MR) is 59.7 cm³/mol. The van der Waals surface area contributed by atoms with Crippen LogP contribution >= 0.6 is 24.0 Å². The van der Waals surface area contributed by atoms with Gasteiger partial charge in [0.1, 0.15) is 0 Å². The van der Waals surface area contributed by atoms with E-state index in [0.717, 1.165) is 17.8 Å². The van der Waals surface area contributed by atoms with Gasteiger partial charge in [-0.25, -0.2) is 0 Å². The normalized spacial score (nSPS) is 9.38. The van der Waals surface area contributed by atoms with Crippen LogP contribution in [0.5, 0.6) is 0 Å². The molecule has 1 aromatic rings. The number of hydrogen-bond acceptors (Lipinski definition) is 1. The van der Waals surface area contributed by atoms with Crippen molar-refractivity contribution in [1.82, 2.24) is 4.98 Å². The molecule has 0 atom stereocenters. The maximum atomic E-state index is 5.67. The first-order valence-corrected chi connectivity index (χ1v) is 4.91. The van der Waals surface area contributed by atoms with Crippen LogP contribution in [0.15, 0.2) is 18.2 Å². The van der Waals surface area contributed by atoms with E-state index in [1.54, 1.807) is 0 Å². The van der Waals surface area contributed by atoms with Gasteiger partial charge in [-0.05, 0) is 25.0 Å². The lowest BCUT2D eigenvalue weighted by molar-refractivity contribution is 0.773. The highest BCUT2D eigenvalue weighted by atomic mass is 35.5. The Kier molecular flexibility index (Phi) is 7.02. The fourth-order valence-electron chi connectivity index (χ4n) is 1.10. The molecule has 0 unspecified atom stereocenters. The minimum atomic E-state index is 0. The van der Waals surface area contributed by atoms with Gasteiger partial charge in [-0.15, -0.1) is 24.0 Å². The molecule has 0 fully saturated rings. The first kappa shape index (κ1) is 12.7. The molecule has 0 spiro atoms. The molecular formula is C10H15Cl2N. The summed E-state index contributed by atoms with van der Waals surface area (Å²) < 4.78 is 0. The van der Waals surface area contributed by atoms with E-state index >= 15 is 0 Å². The van der Waals surface area contributed by atoms with Gasteiger partial charge < -0.3 is 0 Å². The Balaban J connectivity index is 0.00000144. The fourth-order valence-corrected chi connectivity index (χ4v) is 1.25. The maximum absolute atomic E-state index is 5.67. The molecule has 0 amide bonds. The molecule has 0 radical (unpaired) electrons. The Hall–Kier alpha value is -0.270. The van der Waals surface area contributed by atoms with Crippen LogP contribution in [0.2, 0.25) is 0 Å². The highest BCUT2D eigenvalue weighted by Gasteiger charge is 1.95. The molecule has 1 rings (SSSR count). The highest BCUT2D eigenvalue weighted by Crippen LogP contribution is 2.05. The number of halogens is 2. The van der Waals surface area contributed by atoms with Crippen LogP contribution in [0.4, 0.5) is 0 Å². The molecule has 1 aromatic heterocycles. The third kappa shape index (κ3) is 4.49. The Morgan fingerprint density at radius 2 is 2.00 bits per heavy atom. The number of aryl methyl sites for hydroxylation is 1. The molecule has 13 heavy (non-hydrogen) atoms. The molecule has 0 bridgehead atoms. The van der Waals surface area contributed by atoms with Crippen molar-refractivity contribution in [3.8, 4) is 0 Å². The van der Waals surface area contributed by atoms with Gasteiger partial charge in [-0.1, -0.05) is 19.4 Å². The molecule has 0 saturated carbocycles. The lowest BCUT2D eigenvalue weighted by atomic mass is 10.2. The number of rotatable bonds is 4. The first-order valence-electron chi connectivity index (χ1n) is 4.37. The van der Waals surface area contributed by atoms with Crippen LogP contribution in [-0.2, 0) is 12.3 Å². The molecule has 1 nitrogen and oxygen atoms in total. The summed E-state index contributed by atoms with van der Waals surface area (Å²) in [5.74, 6) is 0.514. The van der Waals surface area contributed by atoms with Gasteiger partial charge in [0, 0.05) is 5.69 Å². The van der Waals surface area contributed by atoms with E-state index in [2.05, 4.69) is 18.0 Å². The smallest absolute Gasteiger partial charge is 0.0647 e. The van der Waals surface area contributed by atoms with E-state index in [1.807, 2.05) is 12.1 Å². The van der Waals surface area contributed by atoms with Crippen LogP contribution in [0.25, 0.3) is 0 Å². The summed E-state index contributed by atoms with van der Waals surface area (Å²) >= 11 is 5.67. The second-order valence-corrected chi connectivity index (χ2v) is 3.12. The van der Waals surface area contributed by atoms with E-state index in [-0.39, 0.29) is 12.4 Å². The largest absolute Gasteiger partial charge is 0.257 e. The van der Waals surface area contributed by atoms with Gasteiger partial charge in [-0.2, -0.15) is 0 Å². The van der Waals surface area contributed by atoms with Crippen molar-refractivity contribution >= 4 is 24.0 Å². The van der Waals surface area contributed by atoms with Crippen LogP contribution in [0.1, 0.15) is 31.2 Å². The zero-order valence-electron chi connectivity index (χ0n) is 7.79. The van der Waals surface area contributed by atoms with Crippen LogP contribution in [0.3, 0.4) is 0 Å². The lowest BCUT2D eigenvalue weighted by Gasteiger charge is -2.00. The van der Waals surface area contributed by atoms with Crippen LogP contribution in [-0.4, -0.2) is 4.98 Å². The summed E-state index contributed by atoms with van der Waals surface area (Å²) in [7, 11) is 0. The van der Waals surface area contributed by atoms with E-state index in [4.69, 9.17) is 11.6 Å². The van der Waals surface area contributed by atoms with Gasteiger partial charge in [0.25, 0.3) is 0 Å². The third-order valence-corrected chi connectivity index (χ3v) is 2.06. The number of hydrogen-bond donors (Lipinski definition) is 0. The van der Waals surface area contributed by atoms with Crippen molar-refractivity contribution in [2.24, 2.45) is 0 Å². The maximum Gasteiger partial charge on any atom is 0.0647 e. The van der Waals surface area contributed by atoms with E-state index in [9.17, 15) is 0 Å². The molecule has 1 heterocycles. The van der Waals surface area contributed by atoms with Crippen LogP contribution in [0, 0.1) is 0 Å². The highest BCUT2D eigenvalue weighted by molar-refractivity contribution is 6.16. The van der Waals surface area contributed by atoms with E-state index in [1.165, 1.54) is 12.8 Å². The zero-order valence-corrected chi connectivity index (χ0v) is 9.37. The zero-order chi connectivity index (χ0) is 8.81. The van der Waals surface area contributed by atoms with Gasteiger partial charge >= 0.3 is 0 Å². The second kappa shape index (κ2) is 7.16. The number of nitrogens with zero attached hydrogens (tertiary/aromatic N) is 1. The van der Waals surface area contributed by atoms with Crippen molar-refractivity contribution < 1.29 is 0 Å². The Labute approximate surface area is 90.9 Å². The van der Waals surface area contributed by atoms with Gasteiger partial charge in [0.15, 0.2) is 0 Å². The van der Waals surface area contributed by atoms with Crippen molar-refractivity contribution in [3.05, 3.63) is 29.6 Å². The second-order valence-electron chi connectivity index (χ2n) is 2.86. The number of pyridine rings is 1. The van der Waals surface area contributed by atoms with Crippen molar-refractivity contribution in [1.29, 1.82) is 0 Å². The summed E-state index contributed by atoms with van der Waals surface area (Å²) in [6.45, 7) is 2.19. The molecule has 0 aliphatic rings. The molecule has 0 N–H and O–H groups in total. The standard InChI is InChI=1S/C10H14ClN.ClH/c1-2-3-5-9-6-4-7-10(8-11)12-9;/h4,6-7H,2-3,5,8H2,1H3;1H. The monoisotopic (exact) mass is 219 g/mol. The van der Waals surface area contributed by atoms with E-state index < -0.39 is 0 Å². The molecule has 74 valence electrons. The van der Waals surface area contributed by atoms with Gasteiger partial charge in [0.05, 0.1) is 11.6 Å². The average molecular weight is 220 g/mol. The predicted octanol–water partition coefficient (Wildman–Crippen LogP) is 3.58. The first-order chi connectivity index (χ1) is 5.86. The molecular weight excluding hydrogens is 205 g/mol. The molecule has 0 aliphatic carbocycles. The summed E-state index contributed by atoms with van der Waals surface area (Å²) in [6, 6.07) is 6.05. The van der Waals surface area contributed by atoms with E-state index in [0.29, 0.717) is 5.88 Å². The number of alkyl halides is 1.